The number of ether oxygens (including phenoxy) is 1. The number of hydrogen-bond acceptors (Lipinski definition) is 2. The van der Waals surface area contributed by atoms with E-state index in [9.17, 15) is 4.79 Å². The summed E-state index contributed by atoms with van der Waals surface area (Å²) in [4.78, 5) is 11.2. The van der Waals surface area contributed by atoms with E-state index in [1.165, 1.54) is 7.11 Å². The SMILES string of the molecule is COC(=O)C(C)c1ccccc1Br. The van der Waals surface area contributed by atoms with Gasteiger partial charge < -0.3 is 4.74 Å². The Balaban J connectivity index is 2.95. The Morgan fingerprint density at radius 3 is 2.62 bits per heavy atom. The van der Waals surface area contributed by atoms with Crippen LogP contribution >= 0.6 is 15.9 Å². The standard InChI is InChI=1S/C10H11BrO2/c1-7(10(12)13-2)8-5-3-4-6-9(8)11/h3-7H,1-2H3. The van der Waals surface area contributed by atoms with Gasteiger partial charge in [0.05, 0.1) is 13.0 Å². The van der Waals surface area contributed by atoms with E-state index in [1.807, 2.05) is 31.2 Å². The van der Waals surface area contributed by atoms with E-state index in [0.29, 0.717) is 0 Å². The summed E-state index contributed by atoms with van der Waals surface area (Å²) in [5.74, 6) is -0.438. The summed E-state index contributed by atoms with van der Waals surface area (Å²) in [5.41, 5.74) is 0.953. The Labute approximate surface area is 86.0 Å². The van der Waals surface area contributed by atoms with Crippen LogP contribution in [0.5, 0.6) is 0 Å². The van der Waals surface area contributed by atoms with Crippen LogP contribution in [0.2, 0.25) is 0 Å². The molecule has 0 amide bonds. The second-order valence-corrected chi connectivity index (χ2v) is 3.62. The summed E-state index contributed by atoms with van der Waals surface area (Å²) >= 11 is 3.39. The average Bonchev–Trinajstić information content (AvgIpc) is 2.16. The minimum atomic E-state index is -0.222. The van der Waals surface area contributed by atoms with Crippen molar-refractivity contribution in [1.82, 2.24) is 0 Å². The molecule has 1 aromatic rings. The van der Waals surface area contributed by atoms with Crippen LogP contribution in [0.1, 0.15) is 18.4 Å². The molecule has 70 valence electrons. The largest absolute Gasteiger partial charge is 0.469 e. The average molecular weight is 243 g/mol. The first-order valence-corrected chi connectivity index (χ1v) is 4.78. The first-order chi connectivity index (χ1) is 6.16. The van der Waals surface area contributed by atoms with Gasteiger partial charge in [0.25, 0.3) is 0 Å². The molecule has 0 N–H and O–H groups in total. The van der Waals surface area contributed by atoms with Crippen LogP contribution < -0.4 is 0 Å². The van der Waals surface area contributed by atoms with Gasteiger partial charge in [0.1, 0.15) is 0 Å². The Hall–Kier alpha value is -0.830. The molecule has 2 nitrogen and oxygen atoms in total. The van der Waals surface area contributed by atoms with Crippen LogP contribution in [0, 0.1) is 0 Å². The molecule has 0 aliphatic rings. The van der Waals surface area contributed by atoms with Crippen LogP contribution in [0.4, 0.5) is 0 Å². The lowest BCUT2D eigenvalue weighted by Gasteiger charge is -2.10. The fraction of sp³-hybridized carbons (Fsp3) is 0.300. The third kappa shape index (κ3) is 2.31. The van der Waals surface area contributed by atoms with Crippen molar-refractivity contribution in [3.05, 3.63) is 34.3 Å². The van der Waals surface area contributed by atoms with Gasteiger partial charge in [-0.25, -0.2) is 0 Å². The fourth-order valence-corrected chi connectivity index (χ4v) is 1.76. The maximum absolute atomic E-state index is 11.2. The highest BCUT2D eigenvalue weighted by atomic mass is 79.9. The van der Waals surface area contributed by atoms with Crippen LogP contribution in [-0.2, 0) is 9.53 Å². The van der Waals surface area contributed by atoms with E-state index in [4.69, 9.17) is 0 Å². The minimum Gasteiger partial charge on any atom is -0.469 e. The molecule has 1 aromatic carbocycles. The maximum Gasteiger partial charge on any atom is 0.312 e. The van der Waals surface area contributed by atoms with Gasteiger partial charge in [-0.15, -0.1) is 0 Å². The summed E-state index contributed by atoms with van der Waals surface area (Å²) in [6, 6.07) is 7.64. The number of rotatable bonds is 2. The molecule has 0 aromatic heterocycles. The lowest BCUT2D eigenvalue weighted by Crippen LogP contribution is -2.11. The van der Waals surface area contributed by atoms with E-state index in [2.05, 4.69) is 20.7 Å². The first-order valence-electron chi connectivity index (χ1n) is 3.99. The van der Waals surface area contributed by atoms with Crippen molar-refractivity contribution in [2.75, 3.05) is 7.11 Å². The monoisotopic (exact) mass is 242 g/mol. The number of carbonyl (C=O) groups is 1. The quantitative estimate of drug-likeness (QED) is 0.746. The third-order valence-electron chi connectivity index (χ3n) is 1.93. The number of halogens is 1. The Kier molecular flexibility index (Phi) is 3.48. The number of hydrogen-bond donors (Lipinski definition) is 0. The molecule has 0 saturated heterocycles. The van der Waals surface area contributed by atoms with Crippen molar-refractivity contribution in [1.29, 1.82) is 0 Å². The predicted molar refractivity (Wildman–Crippen MR) is 54.6 cm³/mol. The number of carbonyl (C=O) groups excluding carboxylic acids is 1. The van der Waals surface area contributed by atoms with Crippen molar-refractivity contribution in [3.8, 4) is 0 Å². The summed E-state index contributed by atoms with van der Waals surface area (Å²) < 4.78 is 5.60. The fourth-order valence-electron chi connectivity index (χ4n) is 1.13. The first kappa shape index (κ1) is 10.3. The van der Waals surface area contributed by atoms with Gasteiger partial charge in [-0.1, -0.05) is 34.1 Å². The smallest absolute Gasteiger partial charge is 0.312 e. The Morgan fingerprint density at radius 2 is 2.08 bits per heavy atom. The van der Waals surface area contributed by atoms with E-state index < -0.39 is 0 Å². The summed E-state index contributed by atoms with van der Waals surface area (Å²) in [6.45, 7) is 1.83. The van der Waals surface area contributed by atoms with Gasteiger partial charge >= 0.3 is 5.97 Å². The third-order valence-corrected chi connectivity index (χ3v) is 2.65. The molecule has 0 aliphatic heterocycles. The lowest BCUT2D eigenvalue weighted by molar-refractivity contribution is -0.142. The molecular formula is C10H11BrO2. The van der Waals surface area contributed by atoms with Crippen molar-refractivity contribution in [3.63, 3.8) is 0 Å². The molecule has 1 unspecified atom stereocenters. The molecule has 1 rings (SSSR count). The molecule has 3 heteroatoms. The number of esters is 1. The van der Waals surface area contributed by atoms with Gasteiger partial charge in [0.2, 0.25) is 0 Å². The van der Waals surface area contributed by atoms with Crippen LogP contribution in [0.15, 0.2) is 28.7 Å². The second-order valence-electron chi connectivity index (χ2n) is 2.77. The van der Waals surface area contributed by atoms with E-state index in [-0.39, 0.29) is 11.9 Å². The topological polar surface area (TPSA) is 26.3 Å². The molecule has 1 atom stereocenters. The number of methoxy groups -OCH3 is 1. The molecule has 0 spiro atoms. The molecule has 0 saturated carbocycles. The van der Waals surface area contributed by atoms with Crippen LogP contribution in [0.25, 0.3) is 0 Å². The van der Waals surface area contributed by atoms with Crippen molar-refractivity contribution in [2.24, 2.45) is 0 Å². The van der Waals surface area contributed by atoms with Crippen LogP contribution in [-0.4, -0.2) is 13.1 Å². The van der Waals surface area contributed by atoms with Gasteiger partial charge in [0, 0.05) is 4.47 Å². The summed E-state index contributed by atoms with van der Waals surface area (Å²) in [6.07, 6.45) is 0. The normalized spacial score (nSPS) is 12.2. The zero-order chi connectivity index (χ0) is 9.84. The maximum atomic E-state index is 11.2. The van der Waals surface area contributed by atoms with Crippen molar-refractivity contribution < 1.29 is 9.53 Å². The molecule has 0 radical (unpaired) electrons. The summed E-state index contributed by atoms with van der Waals surface area (Å²) in [5, 5.41) is 0. The Bertz CT molecular complexity index is 310. The molecule has 13 heavy (non-hydrogen) atoms. The highest BCUT2D eigenvalue weighted by molar-refractivity contribution is 9.10. The molecule has 0 heterocycles. The molecular weight excluding hydrogens is 232 g/mol. The molecule has 0 fully saturated rings. The van der Waals surface area contributed by atoms with Gasteiger partial charge in [-0.05, 0) is 18.6 Å². The molecule has 0 aliphatic carbocycles. The summed E-state index contributed by atoms with van der Waals surface area (Å²) in [7, 11) is 1.40. The zero-order valence-electron chi connectivity index (χ0n) is 7.58. The van der Waals surface area contributed by atoms with E-state index in [0.717, 1.165) is 10.0 Å². The molecule has 0 bridgehead atoms. The number of benzene rings is 1. The zero-order valence-corrected chi connectivity index (χ0v) is 9.17. The van der Waals surface area contributed by atoms with Gasteiger partial charge in [-0.2, -0.15) is 0 Å². The highest BCUT2D eigenvalue weighted by Gasteiger charge is 2.17. The van der Waals surface area contributed by atoms with Crippen molar-refractivity contribution >= 4 is 21.9 Å². The van der Waals surface area contributed by atoms with Gasteiger partial charge in [0.15, 0.2) is 0 Å². The highest BCUT2D eigenvalue weighted by Crippen LogP contribution is 2.24. The van der Waals surface area contributed by atoms with Crippen molar-refractivity contribution in [2.45, 2.75) is 12.8 Å². The van der Waals surface area contributed by atoms with E-state index in [1.54, 1.807) is 0 Å². The minimum absolute atomic E-state index is 0.216. The predicted octanol–water partition coefficient (Wildman–Crippen LogP) is 2.73. The lowest BCUT2D eigenvalue weighted by atomic mass is 10.0. The van der Waals surface area contributed by atoms with Gasteiger partial charge in [-0.3, -0.25) is 4.79 Å². The van der Waals surface area contributed by atoms with Crippen LogP contribution in [0.3, 0.4) is 0 Å². The van der Waals surface area contributed by atoms with E-state index >= 15 is 0 Å². The Morgan fingerprint density at radius 1 is 1.46 bits per heavy atom. The second kappa shape index (κ2) is 4.42.